The van der Waals surface area contributed by atoms with Crippen molar-refractivity contribution in [1.29, 1.82) is 0 Å². The van der Waals surface area contributed by atoms with Crippen LogP contribution < -0.4 is 10.6 Å². The Morgan fingerprint density at radius 2 is 1.91 bits per heavy atom. The second kappa shape index (κ2) is 7.59. The molecule has 23 heavy (non-hydrogen) atoms. The number of carbonyl (C=O) groups is 1. The summed E-state index contributed by atoms with van der Waals surface area (Å²) in [5.41, 5.74) is 1.87. The van der Waals surface area contributed by atoms with Crippen LogP contribution in [0.5, 0.6) is 0 Å². The number of halogens is 1. The molecule has 1 aromatic heterocycles. The average molecular weight is 374 g/mol. The fourth-order valence-electron chi connectivity index (χ4n) is 2.87. The van der Waals surface area contributed by atoms with E-state index in [2.05, 4.69) is 31.5 Å². The number of anilines is 3. The van der Waals surface area contributed by atoms with Crippen molar-refractivity contribution in [2.75, 3.05) is 10.6 Å². The minimum Gasteiger partial charge on any atom is -0.354 e. The number of pyridine rings is 1. The van der Waals surface area contributed by atoms with Crippen molar-refractivity contribution in [3.05, 3.63) is 47.1 Å². The molecule has 4 nitrogen and oxygen atoms in total. The van der Waals surface area contributed by atoms with E-state index in [0.717, 1.165) is 41.5 Å². The largest absolute Gasteiger partial charge is 0.354 e. The molecule has 1 aliphatic rings. The Labute approximate surface area is 144 Å². The standard InChI is InChI=1S/C18H20BrN3O/c19-14-7-4-8-15(11-14)21-16-9-10-17(20-12-16)22-18(23)13-5-2-1-3-6-13/h4,7-13,21H,1-3,5-6H2,(H,20,22,23). The minimum absolute atomic E-state index is 0.102. The van der Waals surface area contributed by atoms with E-state index in [1.54, 1.807) is 6.20 Å². The monoisotopic (exact) mass is 373 g/mol. The molecule has 5 heteroatoms. The Balaban J connectivity index is 1.59. The van der Waals surface area contributed by atoms with Crippen LogP contribution in [0.3, 0.4) is 0 Å². The van der Waals surface area contributed by atoms with Crippen LogP contribution in [-0.2, 0) is 4.79 Å². The van der Waals surface area contributed by atoms with Crippen LogP contribution in [0.25, 0.3) is 0 Å². The van der Waals surface area contributed by atoms with Gasteiger partial charge in [-0.15, -0.1) is 0 Å². The quantitative estimate of drug-likeness (QED) is 0.782. The maximum atomic E-state index is 12.2. The van der Waals surface area contributed by atoms with E-state index >= 15 is 0 Å². The zero-order valence-electron chi connectivity index (χ0n) is 12.9. The second-order valence-electron chi connectivity index (χ2n) is 5.89. The van der Waals surface area contributed by atoms with E-state index in [1.807, 2.05) is 36.4 Å². The lowest BCUT2D eigenvalue weighted by Gasteiger charge is -2.20. The maximum Gasteiger partial charge on any atom is 0.228 e. The molecule has 0 saturated heterocycles. The van der Waals surface area contributed by atoms with Gasteiger partial charge in [-0.2, -0.15) is 0 Å². The number of aromatic nitrogens is 1. The Morgan fingerprint density at radius 3 is 2.61 bits per heavy atom. The first-order valence-corrected chi connectivity index (χ1v) is 8.79. The van der Waals surface area contributed by atoms with Crippen LogP contribution in [0.15, 0.2) is 47.1 Å². The number of hydrogen-bond donors (Lipinski definition) is 2. The van der Waals surface area contributed by atoms with Crippen LogP contribution in [0.1, 0.15) is 32.1 Å². The summed E-state index contributed by atoms with van der Waals surface area (Å²) in [6.45, 7) is 0. The Hall–Kier alpha value is -1.88. The van der Waals surface area contributed by atoms with Crippen molar-refractivity contribution in [2.24, 2.45) is 5.92 Å². The third-order valence-electron chi connectivity index (χ3n) is 4.10. The molecule has 0 atom stereocenters. The molecular weight excluding hydrogens is 354 g/mol. The molecule has 0 spiro atoms. The molecule has 0 unspecified atom stereocenters. The molecule has 1 aliphatic carbocycles. The summed E-state index contributed by atoms with van der Waals surface area (Å²) in [5, 5.41) is 6.21. The summed E-state index contributed by atoms with van der Waals surface area (Å²) in [6, 6.07) is 11.7. The van der Waals surface area contributed by atoms with Crippen molar-refractivity contribution in [2.45, 2.75) is 32.1 Å². The number of hydrogen-bond acceptors (Lipinski definition) is 3. The molecule has 120 valence electrons. The third-order valence-corrected chi connectivity index (χ3v) is 4.60. The molecule has 3 rings (SSSR count). The Morgan fingerprint density at radius 1 is 1.09 bits per heavy atom. The van der Waals surface area contributed by atoms with Crippen molar-refractivity contribution in [3.63, 3.8) is 0 Å². The second-order valence-corrected chi connectivity index (χ2v) is 6.81. The van der Waals surface area contributed by atoms with Gasteiger partial charge < -0.3 is 10.6 Å². The van der Waals surface area contributed by atoms with E-state index in [0.29, 0.717) is 5.82 Å². The van der Waals surface area contributed by atoms with Crippen LogP contribution in [0, 0.1) is 5.92 Å². The Bertz CT molecular complexity index is 666. The topological polar surface area (TPSA) is 54.0 Å². The van der Waals surface area contributed by atoms with Gasteiger partial charge in [0.1, 0.15) is 5.82 Å². The molecule has 1 fully saturated rings. The number of nitrogens with zero attached hydrogens (tertiary/aromatic N) is 1. The zero-order valence-corrected chi connectivity index (χ0v) is 14.5. The first-order valence-electron chi connectivity index (χ1n) is 8.00. The predicted octanol–water partition coefficient (Wildman–Crippen LogP) is 5.11. The summed E-state index contributed by atoms with van der Waals surface area (Å²) >= 11 is 3.45. The van der Waals surface area contributed by atoms with Gasteiger partial charge in [0.05, 0.1) is 11.9 Å². The molecule has 1 heterocycles. The lowest BCUT2D eigenvalue weighted by atomic mass is 9.89. The van der Waals surface area contributed by atoms with Crippen LogP contribution in [0.2, 0.25) is 0 Å². The van der Waals surface area contributed by atoms with Crippen molar-refractivity contribution < 1.29 is 4.79 Å². The summed E-state index contributed by atoms with van der Waals surface area (Å²) in [6.07, 6.45) is 7.28. The van der Waals surface area contributed by atoms with E-state index in [1.165, 1.54) is 6.42 Å². The summed E-state index contributed by atoms with van der Waals surface area (Å²) < 4.78 is 1.02. The van der Waals surface area contributed by atoms with Gasteiger partial charge in [0.15, 0.2) is 0 Å². The predicted molar refractivity (Wildman–Crippen MR) is 96.9 cm³/mol. The fraction of sp³-hybridized carbons (Fsp3) is 0.333. The van der Waals surface area contributed by atoms with Gasteiger partial charge in [0, 0.05) is 16.1 Å². The highest BCUT2D eigenvalue weighted by Crippen LogP contribution is 2.25. The number of amides is 1. The van der Waals surface area contributed by atoms with E-state index < -0.39 is 0 Å². The van der Waals surface area contributed by atoms with Gasteiger partial charge in [-0.3, -0.25) is 4.79 Å². The molecule has 1 aromatic carbocycles. The first-order chi connectivity index (χ1) is 11.2. The lowest BCUT2D eigenvalue weighted by molar-refractivity contribution is -0.120. The molecule has 0 radical (unpaired) electrons. The smallest absolute Gasteiger partial charge is 0.228 e. The number of benzene rings is 1. The highest BCUT2D eigenvalue weighted by molar-refractivity contribution is 9.10. The van der Waals surface area contributed by atoms with Crippen LogP contribution in [-0.4, -0.2) is 10.9 Å². The zero-order chi connectivity index (χ0) is 16.1. The third kappa shape index (κ3) is 4.55. The van der Waals surface area contributed by atoms with Gasteiger partial charge >= 0.3 is 0 Å². The van der Waals surface area contributed by atoms with Gasteiger partial charge in [-0.05, 0) is 43.2 Å². The molecule has 2 N–H and O–H groups in total. The van der Waals surface area contributed by atoms with E-state index in [9.17, 15) is 4.79 Å². The molecule has 1 amide bonds. The van der Waals surface area contributed by atoms with Crippen LogP contribution >= 0.6 is 15.9 Å². The van der Waals surface area contributed by atoms with Crippen molar-refractivity contribution in [1.82, 2.24) is 4.98 Å². The van der Waals surface area contributed by atoms with Crippen molar-refractivity contribution in [3.8, 4) is 0 Å². The maximum absolute atomic E-state index is 12.2. The minimum atomic E-state index is 0.102. The molecule has 2 aromatic rings. The Kier molecular flexibility index (Phi) is 5.28. The van der Waals surface area contributed by atoms with Gasteiger partial charge in [0.2, 0.25) is 5.91 Å². The molecule has 0 bridgehead atoms. The molecule has 1 saturated carbocycles. The van der Waals surface area contributed by atoms with Crippen LogP contribution in [0.4, 0.5) is 17.2 Å². The SMILES string of the molecule is O=C(Nc1ccc(Nc2cccc(Br)c2)cn1)C1CCCCC1. The fourth-order valence-corrected chi connectivity index (χ4v) is 3.27. The summed E-state index contributed by atoms with van der Waals surface area (Å²) in [4.78, 5) is 16.5. The lowest BCUT2D eigenvalue weighted by Crippen LogP contribution is -2.25. The normalized spacial score (nSPS) is 15.2. The van der Waals surface area contributed by atoms with Gasteiger partial charge in [-0.1, -0.05) is 41.3 Å². The molecule has 0 aliphatic heterocycles. The van der Waals surface area contributed by atoms with Crippen molar-refractivity contribution >= 4 is 39.0 Å². The van der Waals surface area contributed by atoms with E-state index in [-0.39, 0.29) is 11.8 Å². The first kappa shape index (κ1) is 16.0. The average Bonchev–Trinajstić information content (AvgIpc) is 2.57. The summed E-state index contributed by atoms with van der Waals surface area (Å²) in [7, 11) is 0. The number of rotatable bonds is 4. The number of nitrogens with one attached hydrogen (secondary N) is 2. The number of carbonyl (C=O) groups excluding carboxylic acids is 1. The van der Waals surface area contributed by atoms with Gasteiger partial charge in [0.25, 0.3) is 0 Å². The van der Waals surface area contributed by atoms with E-state index in [4.69, 9.17) is 0 Å². The molecular formula is C18H20BrN3O. The highest BCUT2D eigenvalue weighted by atomic mass is 79.9. The highest BCUT2D eigenvalue weighted by Gasteiger charge is 2.21. The summed E-state index contributed by atoms with van der Waals surface area (Å²) in [5.74, 6) is 0.857. The van der Waals surface area contributed by atoms with Gasteiger partial charge in [-0.25, -0.2) is 4.98 Å².